The molecule has 10 fully saturated rings. The van der Waals surface area contributed by atoms with Crippen molar-refractivity contribution in [3.05, 3.63) is 142 Å². The van der Waals surface area contributed by atoms with E-state index in [0.29, 0.717) is 111 Å². The van der Waals surface area contributed by atoms with E-state index in [2.05, 4.69) is 4.74 Å². The molecule has 0 N–H and O–H groups in total. The molecule has 10 saturated carbocycles. The van der Waals surface area contributed by atoms with Crippen LogP contribution in [0.3, 0.4) is 0 Å². The Morgan fingerprint density at radius 2 is 0.582 bits per heavy atom. The number of carbonyl (C=O) groups is 7. The fraction of sp³-hybridized carbons (Fsp3) is 0.710. The Morgan fingerprint density at radius 1 is 0.262 bits per heavy atom. The van der Waals surface area contributed by atoms with Gasteiger partial charge in [0.05, 0.1) is 12.5 Å². The number of esters is 6. The molecule has 15 nitrogen and oxygen atoms in total. The summed E-state index contributed by atoms with van der Waals surface area (Å²) in [7, 11) is 0. The second-order valence-electron chi connectivity index (χ2n) is 41.1. The first kappa shape index (κ1) is 118. The van der Waals surface area contributed by atoms with E-state index in [1.807, 2.05) is 6.07 Å². The molecular formula is C107H143F19O15. The van der Waals surface area contributed by atoms with Gasteiger partial charge in [-0.3, -0.25) is 4.79 Å². The normalized spacial score (nSPS) is 25.7. The highest BCUT2D eigenvalue weighted by molar-refractivity contribution is 5.79. The first-order valence-electron chi connectivity index (χ1n) is 50.6. The molecule has 4 atom stereocenters. The van der Waals surface area contributed by atoms with Gasteiger partial charge < -0.3 is 37.9 Å². The summed E-state index contributed by atoms with van der Waals surface area (Å²) in [5.74, 6) is -27.8. The molecule has 141 heavy (non-hydrogen) atoms. The SMILES string of the molecule is CC(F)(F)C(=O)OC1CCC(c2cc(F)cc(F)c2)CC1.CC(F)(F)C(=O)OC1CCC(c2ccc(F)cc2)CC1.CC(F)(F)C(=O)OC1CCC(c2cccc(F)c2)C1.CC(F)(F)C(=O)OC1CCCC(c2cccc(F)c2)C1.CC(F)(F)C(=O)OCC1CCC(C2CCCCC2)CC1.CC(F)(F)COC(=O)C1CCC(C2CCCCC2)CC1.CC(F)(F)COC(=O)OC1CCC(C2CCCCC2)CC1. The van der Waals surface area contributed by atoms with Gasteiger partial charge in [-0.15, -0.1) is 0 Å². The fourth-order valence-electron chi connectivity index (χ4n) is 21.2. The summed E-state index contributed by atoms with van der Waals surface area (Å²) in [5, 5.41) is 0. The minimum absolute atomic E-state index is 0.0442. The standard InChI is InChI=1S/C16H26F2O3.2C16H26F2O2.C15H16F4O2.2C15H17F3O2.C14H15F3O2/c1-16(17,18)11-20-15(19)21-14-9-7-13(8-10-14)12-5-3-2-4-6-12;1-16(17,18)15(19)20-11-12-7-9-14(10-8-12)13-5-3-2-4-6-13;1-16(17,18)11-20-15(19)14-9-7-13(8-10-14)12-5-3-2-4-6-12;1-15(18,19)14(20)21-13-4-2-9(3-5-13)10-6-11(16)8-12(17)7-10;1-15(17,18)14(19)20-13-8-4-11(5-9-13)10-2-6-12(16)7-3-10;1-15(17,18)14(19)20-13-7-3-5-11(9-13)10-4-2-6-12(16)8-10;1-14(16,17)13(18)19-12-6-5-10(8-12)9-3-2-4-11(15)7-9/h12-14H,2-11H2,1H3;2*12-14H,2-11H2,1H3;6-9,13H,2-5H2,1H3;2-3,6-7,11,13H,4-5,8-9H2,1H3;2,4,6,8,11,13H,3,5,7,9H2,1H3;2-4,7,10,12H,5-6,8H2,1H3. The molecule has 10 aliphatic rings. The Kier molecular flexibility index (Phi) is 46.7. The number of alkyl halides is 14. The maximum absolute atomic E-state index is 13.2. The molecule has 4 unspecified atom stereocenters. The first-order chi connectivity index (χ1) is 66.2. The molecule has 794 valence electrons. The predicted molar refractivity (Wildman–Crippen MR) is 490 cm³/mol. The van der Waals surface area contributed by atoms with Crippen molar-refractivity contribution in [1.82, 2.24) is 0 Å². The lowest BCUT2D eigenvalue weighted by Gasteiger charge is -2.35. The van der Waals surface area contributed by atoms with Crippen LogP contribution < -0.4 is 0 Å². The second-order valence-corrected chi connectivity index (χ2v) is 41.1. The molecule has 0 radical (unpaired) electrons. The highest BCUT2D eigenvalue weighted by Gasteiger charge is 2.44. The van der Waals surface area contributed by atoms with E-state index < -0.39 is 133 Å². The van der Waals surface area contributed by atoms with Crippen LogP contribution in [0.25, 0.3) is 0 Å². The van der Waals surface area contributed by atoms with Crippen molar-refractivity contribution in [2.24, 2.45) is 47.3 Å². The zero-order valence-electron chi connectivity index (χ0n) is 82.1. The van der Waals surface area contributed by atoms with E-state index in [1.54, 1.807) is 30.3 Å². The molecule has 0 aromatic heterocycles. The van der Waals surface area contributed by atoms with Crippen LogP contribution in [-0.2, 0) is 66.7 Å². The third-order valence-electron chi connectivity index (χ3n) is 28.9. The van der Waals surface area contributed by atoms with Crippen molar-refractivity contribution in [2.75, 3.05) is 19.8 Å². The molecule has 0 saturated heterocycles. The molecule has 0 heterocycles. The van der Waals surface area contributed by atoms with E-state index in [0.717, 1.165) is 162 Å². The highest BCUT2D eigenvalue weighted by Crippen LogP contribution is 2.46. The molecule has 34 heteroatoms. The van der Waals surface area contributed by atoms with Crippen LogP contribution in [0.15, 0.2) is 91.0 Å². The third kappa shape index (κ3) is 43.5. The molecule has 10 aliphatic carbocycles. The number of ether oxygens (including phenoxy) is 8. The van der Waals surface area contributed by atoms with Gasteiger partial charge in [0.25, 0.3) is 11.8 Å². The van der Waals surface area contributed by atoms with Crippen molar-refractivity contribution < 1.29 is 155 Å². The predicted octanol–water partition coefficient (Wildman–Crippen LogP) is 30.0. The van der Waals surface area contributed by atoms with Gasteiger partial charge in [-0.05, 0) is 309 Å². The summed E-state index contributed by atoms with van der Waals surface area (Å²) >= 11 is 0. The van der Waals surface area contributed by atoms with E-state index in [1.165, 1.54) is 158 Å². The van der Waals surface area contributed by atoms with Crippen molar-refractivity contribution in [3.63, 3.8) is 0 Å². The summed E-state index contributed by atoms with van der Waals surface area (Å²) < 4.78 is 282. The number of hydrogen-bond acceptors (Lipinski definition) is 15. The monoisotopic (exact) mass is 2030 g/mol. The maximum atomic E-state index is 13.2. The fourth-order valence-corrected chi connectivity index (χ4v) is 21.2. The van der Waals surface area contributed by atoms with Gasteiger partial charge in [0.1, 0.15) is 59.6 Å². The molecule has 14 rings (SSSR count). The van der Waals surface area contributed by atoms with Gasteiger partial charge in [-0.1, -0.05) is 133 Å². The van der Waals surface area contributed by atoms with Crippen LogP contribution in [0, 0.1) is 76.4 Å². The zero-order chi connectivity index (χ0) is 104. The lowest BCUT2D eigenvalue weighted by atomic mass is 9.71. The molecule has 4 aromatic rings. The average Bonchev–Trinajstić information content (AvgIpc) is 1.75. The van der Waals surface area contributed by atoms with Crippen LogP contribution in [0.2, 0.25) is 0 Å². The van der Waals surface area contributed by atoms with Crippen LogP contribution in [0.5, 0.6) is 0 Å². The van der Waals surface area contributed by atoms with Gasteiger partial charge in [0.2, 0.25) is 0 Å². The smallest absolute Gasteiger partial charge is 0.461 e. The summed E-state index contributed by atoms with van der Waals surface area (Å²) in [6.45, 7) is 2.65. The summed E-state index contributed by atoms with van der Waals surface area (Å²) in [4.78, 5) is 78.7. The van der Waals surface area contributed by atoms with E-state index in [4.69, 9.17) is 33.2 Å². The van der Waals surface area contributed by atoms with E-state index in [-0.39, 0.29) is 65.7 Å². The lowest BCUT2D eigenvalue weighted by Crippen LogP contribution is -2.33. The molecule has 0 bridgehead atoms. The number of carbonyl (C=O) groups excluding carboxylic acids is 7. The second kappa shape index (κ2) is 55.8. The molecule has 0 aliphatic heterocycles. The Hall–Kier alpha value is -8.36. The lowest BCUT2D eigenvalue weighted by molar-refractivity contribution is -0.177. The van der Waals surface area contributed by atoms with Crippen LogP contribution >= 0.6 is 0 Å². The van der Waals surface area contributed by atoms with E-state index >= 15 is 0 Å². The van der Waals surface area contributed by atoms with Crippen LogP contribution in [0.4, 0.5) is 88.2 Å². The van der Waals surface area contributed by atoms with Gasteiger partial charge in [-0.25, -0.2) is 68.3 Å². The summed E-state index contributed by atoms with van der Waals surface area (Å²) in [6.07, 6.45) is 38.0. The van der Waals surface area contributed by atoms with Crippen LogP contribution in [0.1, 0.15) is 364 Å². The molecule has 0 spiro atoms. The van der Waals surface area contributed by atoms with Gasteiger partial charge in [-0.2, -0.15) is 43.9 Å². The maximum Gasteiger partial charge on any atom is 0.508 e. The highest BCUT2D eigenvalue weighted by atomic mass is 19.3. The van der Waals surface area contributed by atoms with Gasteiger partial charge in [0.15, 0.2) is 13.2 Å². The zero-order valence-corrected chi connectivity index (χ0v) is 82.1. The van der Waals surface area contributed by atoms with Gasteiger partial charge >= 0.3 is 71.6 Å². The van der Waals surface area contributed by atoms with E-state index in [9.17, 15) is 117 Å². The summed E-state index contributed by atoms with van der Waals surface area (Å²) in [6, 6.07) is 22.1. The summed E-state index contributed by atoms with van der Waals surface area (Å²) in [5.41, 5.74) is 3.24. The molecule has 0 amide bonds. The Morgan fingerprint density at radius 3 is 0.972 bits per heavy atom. The van der Waals surface area contributed by atoms with Crippen molar-refractivity contribution in [2.45, 2.75) is 414 Å². The number of halogens is 19. The van der Waals surface area contributed by atoms with Crippen molar-refractivity contribution in [3.8, 4) is 0 Å². The quantitative estimate of drug-likeness (QED) is 0.0365. The average molecular weight is 2030 g/mol. The van der Waals surface area contributed by atoms with Crippen molar-refractivity contribution >= 4 is 42.0 Å². The minimum Gasteiger partial charge on any atom is -0.461 e. The number of hydrogen-bond donors (Lipinski definition) is 0. The number of rotatable bonds is 24. The number of benzene rings is 4. The van der Waals surface area contributed by atoms with Crippen LogP contribution in [-0.4, -0.2) is 134 Å². The topological polar surface area (TPSA) is 193 Å². The van der Waals surface area contributed by atoms with Crippen molar-refractivity contribution in [1.29, 1.82) is 0 Å². The largest absolute Gasteiger partial charge is 0.508 e. The third-order valence-corrected chi connectivity index (χ3v) is 28.9. The Bertz CT molecular complexity index is 4400. The molecule has 4 aromatic carbocycles. The first-order valence-corrected chi connectivity index (χ1v) is 50.6. The van der Waals surface area contributed by atoms with Gasteiger partial charge in [0, 0.05) is 54.5 Å². The Balaban J connectivity index is 0.000000201. The Labute approximate surface area is 816 Å². The molecular weight excluding hydrogens is 1890 g/mol. The minimum atomic E-state index is -3.50.